The number of nitrogens with one attached hydrogen (secondary N) is 3. The van der Waals surface area contributed by atoms with Crippen LogP contribution in [-0.4, -0.2) is 24.5 Å². The number of anilines is 1. The summed E-state index contributed by atoms with van der Waals surface area (Å²) in [5, 5.41) is 7.99. The molecule has 0 aliphatic carbocycles. The largest absolute Gasteiger partial charge is 0.354 e. The van der Waals surface area contributed by atoms with Crippen LogP contribution in [0.25, 0.3) is 0 Å². The molecule has 0 aliphatic rings. The lowest BCUT2D eigenvalue weighted by Crippen LogP contribution is -2.46. The maximum absolute atomic E-state index is 11.8. The second-order valence-corrected chi connectivity index (χ2v) is 6.01. The first-order chi connectivity index (χ1) is 9.43. The fourth-order valence-electron chi connectivity index (χ4n) is 1.41. The number of halogens is 2. The van der Waals surface area contributed by atoms with Crippen molar-refractivity contribution in [3.05, 3.63) is 27.1 Å². The van der Waals surface area contributed by atoms with E-state index < -0.39 is 12.1 Å². The molecule has 0 heterocycles. The van der Waals surface area contributed by atoms with E-state index in [2.05, 4.69) is 47.8 Å². The zero-order valence-corrected chi connectivity index (χ0v) is 14.5. The summed E-state index contributed by atoms with van der Waals surface area (Å²) >= 11 is 6.69. The Morgan fingerprint density at radius 2 is 2.00 bits per heavy atom. The van der Waals surface area contributed by atoms with Gasteiger partial charge in [-0.15, -0.1) is 0 Å². The predicted octanol–water partition coefficient (Wildman–Crippen LogP) is 3.25. The second kappa shape index (κ2) is 8.26. The van der Waals surface area contributed by atoms with E-state index in [4.69, 9.17) is 0 Å². The van der Waals surface area contributed by atoms with E-state index >= 15 is 0 Å². The Balaban J connectivity index is 2.52. The number of carbonyl (C=O) groups excluding carboxylic acids is 2. The molecule has 110 valence electrons. The number of urea groups is 1. The molecule has 0 aromatic heterocycles. The molecule has 1 rings (SSSR count). The minimum absolute atomic E-state index is 0.197. The van der Waals surface area contributed by atoms with Crippen molar-refractivity contribution in [2.75, 3.05) is 11.9 Å². The minimum Gasteiger partial charge on any atom is -0.354 e. The number of hydrogen-bond donors (Lipinski definition) is 3. The van der Waals surface area contributed by atoms with Crippen LogP contribution < -0.4 is 16.0 Å². The Kier molecular flexibility index (Phi) is 7.01. The van der Waals surface area contributed by atoms with Crippen LogP contribution in [0.15, 0.2) is 27.1 Å². The van der Waals surface area contributed by atoms with Gasteiger partial charge in [-0.3, -0.25) is 4.79 Å². The van der Waals surface area contributed by atoms with E-state index in [1.165, 1.54) is 0 Å². The number of amides is 3. The third kappa shape index (κ3) is 5.50. The van der Waals surface area contributed by atoms with E-state index in [-0.39, 0.29) is 5.91 Å². The average molecular weight is 407 g/mol. The molecule has 3 N–H and O–H groups in total. The zero-order valence-electron chi connectivity index (χ0n) is 11.3. The second-order valence-electron chi connectivity index (χ2n) is 4.24. The van der Waals surface area contributed by atoms with Crippen LogP contribution in [0.2, 0.25) is 0 Å². The monoisotopic (exact) mass is 405 g/mol. The Bertz CT molecular complexity index is 495. The molecular formula is C13H17Br2N3O2. The molecule has 5 nitrogen and oxygen atoms in total. The summed E-state index contributed by atoms with van der Waals surface area (Å²) in [6, 6.07) is 4.39. The molecule has 0 bridgehead atoms. The SMILES string of the molecule is CCCNC(=O)[C@@H](C)NC(=O)Nc1ccc(Br)cc1Br. The van der Waals surface area contributed by atoms with Crippen molar-refractivity contribution in [3.8, 4) is 0 Å². The van der Waals surface area contributed by atoms with Crippen molar-refractivity contribution in [3.63, 3.8) is 0 Å². The molecule has 0 aliphatic heterocycles. The molecule has 0 saturated carbocycles. The van der Waals surface area contributed by atoms with Gasteiger partial charge in [0.25, 0.3) is 0 Å². The Morgan fingerprint density at radius 1 is 1.30 bits per heavy atom. The van der Waals surface area contributed by atoms with Crippen molar-refractivity contribution in [2.45, 2.75) is 26.3 Å². The molecule has 1 aromatic rings. The van der Waals surface area contributed by atoms with Gasteiger partial charge in [-0.1, -0.05) is 22.9 Å². The van der Waals surface area contributed by atoms with Gasteiger partial charge in [-0.25, -0.2) is 4.79 Å². The van der Waals surface area contributed by atoms with Gasteiger partial charge in [-0.05, 0) is 47.5 Å². The van der Waals surface area contributed by atoms with Crippen LogP contribution in [0.4, 0.5) is 10.5 Å². The van der Waals surface area contributed by atoms with Gasteiger partial charge in [0.2, 0.25) is 5.91 Å². The quantitative estimate of drug-likeness (QED) is 0.702. The van der Waals surface area contributed by atoms with E-state index in [1.54, 1.807) is 13.0 Å². The van der Waals surface area contributed by atoms with E-state index in [9.17, 15) is 9.59 Å². The third-order valence-corrected chi connectivity index (χ3v) is 3.62. The molecule has 1 atom stereocenters. The molecule has 3 amide bonds. The number of rotatable bonds is 5. The summed E-state index contributed by atoms with van der Waals surface area (Å²) in [6.07, 6.45) is 0.858. The maximum Gasteiger partial charge on any atom is 0.319 e. The highest BCUT2D eigenvalue weighted by Gasteiger charge is 2.15. The Morgan fingerprint density at radius 3 is 2.60 bits per heavy atom. The highest BCUT2D eigenvalue weighted by atomic mass is 79.9. The fourth-order valence-corrected chi connectivity index (χ4v) is 2.56. The molecular weight excluding hydrogens is 390 g/mol. The van der Waals surface area contributed by atoms with E-state index in [1.807, 2.05) is 19.1 Å². The molecule has 1 aromatic carbocycles. The lowest BCUT2D eigenvalue weighted by Gasteiger charge is -2.15. The lowest BCUT2D eigenvalue weighted by atomic mass is 10.3. The van der Waals surface area contributed by atoms with Crippen molar-refractivity contribution in [1.29, 1.82) is 0 Å². The van der Waals surface area contributed by atoms with Gasteiger partial charge in [0.05, 0.1) is 5.69 Å². The molecule has 0 spiro atoms. The Labute approximate surface area is 135 Å². The van der Waals surface area contributed by atoms with Crippen LogP contribution >= 0.6 is 31.9 Å². The van der Waals surface area contributed by atoms with Crippen LogP contribution in [0, 0.1) is 0 Å². The van der Waals surface area contributed by atoms with Gasteiger partial charge >= 0.3 is 6.03 Å². The van der Waals surface area contributed by atoms with E-state index in [0.717, 1.165) is 15.4 Å². The highest BCUT2D eigenvalue weighted by molar-refractivity contribution is 9.11. The molecule has 7 heteroatoms. The number of benzene rings is 1. The lowest BCUT2D eigenvalue weighted by molar-refractivity contribution is -0.122. The predicted molar refractivity (Wildman–Crippen MR) is 86.8 cm³/mol. The van der Waals surface area contributed by atoms with Crippen LogP contribution in [0.1, 0.15) is 20.3 Å². The van der Waals surface area contributed by atoms with Crippen molar-refractivity contribution in [1.82, 2.24) is 10.6 Å². The van der Waals surface area contributed by atoms with Crippen LogP contribution in [0.3, 0.4) is 0 Å². The van der Waals surface area contributed by atoms with Gasteiger partial charge < -0.3 is 16.0 Å². The molecule has 0 radical (unpaired) electrons. The first-order valence-electron chi connectivity index (χ1n) is 6.24. The first-order valence-corrected chi connectivity index (χ1v) is 7.83. The maximum atomic E-state index is 11.8. The summed E-state index contributed by atoms with van der Waals surface area (Å²) in [5.74, 6) is -0.197. The number of carbonyl (C=O) groups is 2. The minimum atomic E-state index is -0.587. The summed E-state index contributed by atoms with van der Waals surface area (Å²) < 4.78 is 1.66. The van der Waals surface area contributed by atoms with Gasteiger partial charge in [-0.2, -0.15) is 0 Å². The highest BCUT2D eigenvalue weighted by Crippen LogP contribution is 2.25. The van der Waals surface area contributed by atoms with E-state index in [0.29, 0.717) is 12.2 Å². The zero-order chi connectivity index (χ0) is 15.1. The topological polar surface area (TPSA) is 70.2 Å². The van der Waals surface area contributed by atoms with Crippen molar-refractivity contribution < 1.29 is 9.59 Å². The molecule has 0 saturated heterocycles. The molecule has 0 unspecified atom stereocenters. The van der Waals surface area contributed by atoms with Crippen molar-refractivity contribution in [2.24, 2.45) is 0 Å². The number of hydrogen-bond acceptors (Lipinski definition) is 2. The average Bonchev–Trinajstić information content (AvgIpc) is 2.39. The third-order valence-electron chi connectivity index (χ3n) is 2.47. The first kappa shape index (κ1) is 17.0. The molecule has 0 fully saturated rings. The summed E-state index contributed by atoms with van der Waals surface area (Å²) in [5.41, 5.74) is 0.631. The van der Waals surface area contributed by atoms with Gasteiger partial charge in [0, 0.05) is 15.5 Å². The molecule has 20 heavy (non-hydrogen) atoms. The van der Waals surface area contributed by atoms with Crippen LogP contribution in [-0.2, 0) is 4.79 Å². The van der Waals surface area contributed by atoms with Crippen molar-refractivity contribution >= 4 is 49.5 Å². The Hall–Kier alpha value is -1.08. The summed E-state index contributed by atoms with van der Waals surface area (Å²) in [6.45, 7) is 4.21. The van der Waals surface area contributed by atoms with Gasteiger partial charge in [0.15, 0.2) is 0 Å². The van der Waals surface area contributed by atoms with Gasteiger partial charge in [0.1, 0.15) is 6.04 Å². The fraction of sp³-hybridized carbons (Fsp3) is 0.385. The summed E-state index contributed by atoms with van der Waals surface area (Å²) in [7, 11) is 0. The van der Waals surface area contributed by atoms with Crippen LogP contribution in [0.5, 0.6) is 0 Å². The smallest absolute Gasteiger partial charge is 0.319 e. The summed E-state index contributed by atoms with van der Waals surface area (Å²) in [4.78, 5) is 23.4. The standard InChI is InChI=1S/C13H17Br2N3O2/c1-3-6-16-12(19)8(2)17-13(20)18-11-5-4-9(14)7-10(11)15/h4-5,7-8H,3,6H2,1-2H3,(H,16,19)(H2,17,18,20)/t8-/m1/s1. The normalized spacial score (nSPS) is 11.6.